The minimum atomic E-state index is -0.621. The molecule has 7 nitrogen and oxygen atoms in total. The second-order valence-corrected chi connectivity index (χ2v) is 6.74. The Bertz CT molecular complexity index is 1140. The number of amides is 2. The van der Waals surface area contributed by atoms with E-state index < -0.39 is 17.4 Å². The summed E-state index contributed by atoms with van der Waals surface area (Å²) in [6.45, 7) is 0. The van der Waals surface area contributed by atoms with Crippen LogP contribution in [-0.2, 0) is 0 Å². The van der Waals surface area contributed by atoms with E-state index in [0.717, 1.165) is 10.5 Å². The fraction of sp³-hybridized carbons (Fsp3) is 0. The fourth-order valence-electron chi connectivity index (χ4n) is 2.85. The summed E-state index contributed by atoms with van der Waals surface area (Å²) in [4.78, 5) is 36.1. The number of aromatic nitrogens is 1. The Hall–Kier alpha value is -3.39. The molecule has 0 fully saturated rings. The zero-order valence-corrected chi connectivity index (χ0v) is 15.3. The molecule has 2 amide bonds. The Labute approximate surface area is 161 Å². The van der Waals surface area contributed by atoms with E-state index in [-0.39, 0.29) is 16.9 Å². The molecule has 0 saturated carbocycles. The summed E-state index contributed by atoms with van der Waals surface area (Å²) in [5.74, 6) is -0.0832. The number of ether oxygens (including phenoxy) is 1. The van der Waals surface area contributed by atoms with Crippen LogP contribution in [0.15, 0.2) is 63.9 Å². The van der Waals surface area contributed by atoms with Crippen LogP contribution in [-0.4, -0.2) is 16.4 Å². The molecule has 2 aromatic carbocycles. The highest BCUT2D eigenvalue weighted by atomic mass is 79.9. The maximum Gasteiger partial charge on any atom is 0.262 e. The number of halogens is 1. The summed E-state index contributed by atoms with van der Waals surface area (Å²) in [6, 6.07) is 15.1. The quantitative estimate of drug-likeness (QED) is 0.627. The Balaban J connectivity index is 1.70. The number of carbonyl (C=O) groups is 2. The molecule has 3 aromatic rings. The van der Waals surface area contributed by atoms with Gasteiger partial charge in [-0.05, 0) is 48.5 Å². The third-order valence-electron chi connectivity index (χ3n) is 4.10. The summed E-state index contributed by atoms with van der Waals surface area (Å²) < 4.78 is 7.87. The van der Waals surface area contributed by atoms with Crippen LogP contribution in [0.25, 0.3) is 5.69 Å². The van der Waals surface area contributed by atoms with Crippen molar-refractivity contribution in [3.8, 4) is 17.2 Å². The molecule has 0 bridgehead atoms. The normalized spacial score (nSPS) is 12.6. The zero-order valence-electron chi connectivity index (χ0n) is 13.7. The maximum absolute atomic E-state index is 12.4. The molecular formula is C19H12BrN3O4. The largest absolute Gasteiger partial charge is 0.457 e. The van der Waals surface area contributed by atoms with E-state index in [1.807, 2.05) is 24.3 Å². The van der Waals surface area contributed by atoms with E-state index >= 15 is 0 Å². The number of imide groups is 1. The van der Waals surface area contributed by atoms with Gasteiger partial charge in [0.25, 0.3) is 17.4 Å². The zero-order chi connectivity index (χ0) is 19.1. The second-order valence-electron chi connectivity index (χ2n) is 5.83. The highest BCUT2D eigenvalue weighted by molar-refractivity contribution is 9.10. The molecule has 1 aliphatic heterocycles. The number of nitrogens with zero attached hydrogens (tertiary/aromatic N) is 1. The molecular weight excluding hydrogens is 414 g/mol. The van der Waals surface area contributed by atoms with E-state index in [0.29, 0.717) is 17.2 Å². The second kappa shape index (κ2) is 6.40. The third kappa shape index (κ3) is 3.00. The van der Waals surface area contributed by atoms with Crippen molar-refractivity contribution in [3.63, 3.8) is 0 Å². The number of benzene rings is 2. The topological polar surface area (TPSA) is 103 Å². The van der Waals surface area contributed by atoms with Crippen LogP contribution < -0.4 is 21.3 Å². The van der Waals surface area contributed by atoms with Gasteiger partial charge >= 0.3 is 0 Å². The molecule has 3 N–H and O–H groups in total. The summed E-state index contributed by atoms with van der Waals surface area (Å²) in [5, 5.41) is 2.14. The van der Waals surface area contributed by atoms with E-state index in [2.05, 4.69) is 21.2 Å². The number of hydrogen-bond acceptors (Lipinski definition) is 5. The van der Waals surface area contributed by atoms with Crippen molar-refractivity contribution >= 4 is 33.6 Å². The predicted octanol–water partition coefficient (Wildman–Crippen LogP) is 2.86. The molecule has 0 saturated heterocycles. The number of rotatable bonds is 3. The average Bonchev–Trinajstić information content (AvgIpc) is 2.92. The van der Waals surface area contributed by atoms with Crippen molar-refractivity contribution in [2.75, 3.05) is 5.73 Å². The van der Waals surface area contributed by atoms with Crippen molar-refractivity contribution in [1.29, 1.82) is 0 Å². The van der Waals surface area contributed by atoms with Crippen LogP contribution >= 0.6 is 15.9 Å². The van der Waals surface area contributed by atoms with E-state index in [1.54, 1.807) is 24.3 Å². The Morgan fingerprint density at radius 3 is 2.11 bits per heavy atom. The van der Waals surface area contributed by atoms with Crippen molar-refractivity contribution in [3.05, 3.63) is 80.6 Å². The first kappa shape index (κ1) is 17.0. The number of carbonyl (C=O) groups excluding carboxylic acids is 2. The first-order chi connectivity index (χ1) is 12.9. The minimum absolute atomic E-state index is 0.00561. The van der Waals surface area contributed by atoms with Gasteiger partial charge < -0.3 is 10.5 Å². The number of nitrogens with two attached hydrogens (primary N) is 1. The monoisotopic (exact) mass is 425 g/mol. The molecule has 27 heavy (non-hydrogen) atoms. The van der Waals surface area contributed by atoms with Crippen LogP contribution in [0.1, 0.15) is 20.7 Å². The van der Waals surface area contributed by atoms with Crippen LogP contribution in [0.4, 0.5) is 5.82 Å². The van der Waals surface area contributed by atoms with Gasteiger partial charge in [-0.1, -0.05) is 15.9 Å². The van der Waals surface area contributed by atoms with Crippen molar-refractivity contribution < 1.29 is 14.3 Å². The standard InChI is InChI=1S/C19H12BrN3O4/c20-10-1-5-12(6-2-10)27-13-7-3-11(4-8-13)23-15(24)9-14-16(17(23)21)19(26)22-18(14)25/h1-9H,21H2,(H,22,25,26). The fourth-order valence-corrected chi connectivity index (χ4v) is 3.11. The lowest BCUT2D eigenvalue weighted by molar-refractivity contribution is 0.0880. The van der Waals surface area contributed by atoms with Crippen molar-refractivity contribution in [1.82, 2.24) is 9.88 Å². The SMILES string of the molecule is Nc1c2c(cc(=O)n1-c1ccc(Oc3ccc(Br)cc3)cc1)C(=O)NC2=O. The molecule has 2 heterocycles. The van der Waals surface area contributed by atoms with Crippen LogP contribution in [0.3, 0.4) is 0 Å². The van der Waals surface area contributed by atoms with E-state index in [4.69, 9.17) is 10.5 Å². The molecule has 0 aliphatic carbocycles. The predicted molar refractivity (Wildman–Crippen MR) is 102 cm³/mol. The number of fused-ring (bicyclic) bond motifs is 1. The molecule has 1 aliphatic rings. The Kier molecular flexibility index (Phi) is 4.04. The molecule has 134 valence electrons. The molecule has 0 unspecified atom stereocenters. The number of pyridine rings is 1. The summed E-state index contributed by atoms with van der Waals surface area (Å²) in [7, 11) is 0. The number of anilines is 1. The van der Waals surface area contributed by atoms with Crippen LogP contribution in [0.2, 0.25) is 0 Å². The number of nitrogens with one attached hydrogen (secondary N) is 1. The molecule has 0 atom stereocenters. The smallest absolute Gasteiger partial charge is 0.262 e. The molecule has 0 spiro atoms. The maximum atomic E-state index is 12.4. The van der Waals surface area contributed by atoms with Gasteiger partial charge in [-0.15, -0.1) is 0 Å². The summed E-state index contributed by atoms with van der Waals surface area (Å²) >= 11 is 3.36. The lowest BCUT2D eigenvalue weighted by Gasteiger charge is -2.12. The molecule has 0 radical (unpaired) electrons. The highest BCUT2D eigenvalue weighted by Crippen LogP contribution is 2.26. The van der Waals surface area contributed by atoms with Crippen LogP contribution in [0.5, 0.6) is 11.5 Å². The average molecular weight is 426 g/mol. The Morgan fingerprint density at radius 2 is 1.48 bits per heavy atom. The van der Waals surface area contributed by atoms with Crippen LogP contribution in [0, 0.1) is 0 Å². The third-order valence-corrected chi connectivity index (χ3v) is 4.63. The lowest BCUT2D eigenvalue weighted by atomic mass is 10.1. The molecule has 4 rings (SSSR count). The summed E-state index contributed by atoms with van der Waals surface area (Å²) in [6.07, 6.45) is 0. The van der Waals surface area contributed by atoms with Gasteiger partial charge in [0.2, 0.25) is 0 Å². The van der Waals surface area contributed by atoms with Gasteiger partial charge in [0, 0.05) is 10.5 Å². The lowest BCUT2D eigenvalue weighted by Crippen LogP contribution is -2.24. The first-order valence-corrected chi connectivity index (χ1v) is 8.68. The summed E-state index contributed by atoms with van der Waals surface area (Å²) in [5.41, 5.74) is 5.97. The van der Waals surface area contributed by atoms with E-state index in [1.165, 1.54) is 4.57 Å². The molecule has 1 aromatic heterocycles. The van der Waals surface area contributed by atoms with Gasteiger partial charge in [0.05, 0.1) is 16.8 Å². The molecule has 8 heteroatoms. The van der Waals surface area contributed by atoms with Gasteiger partial charge in [-0.25, -0.2) is 0 Å². The van der Waals surface area contributed by atoms with Gasteiger partial charge in [-0.3, -0.25) is 24.3 Å². The van der Waals surface area contributed by atoms with E-state index in [9.17, 15) is 14.4 Å². The van der Waals surface area contributed by atoms with Crippen molar-refractivity contribution in [2.24, 2.45) is 0 Å². The van der Waals surface area contributed by atoms with Crippen molar-refractivity contribution in [2.45, 2.75) is 0 Å². The minimum Gasteiger partial charge on any atom is -0.457 e. The first-order valence-electron chi connectivity index (χ1n) is 7.89. The highest BCUT2D eigenvalue weighted by Gasteiger charge is 2.31. The van der Waals surface area contributed by atoms with Gasteiger partial charge in [0.15, 0.2) is 0 Å². The van der Waals surface area contributed by atoms with Gasteiger partial charge in [0.1, 0.15) is 17.3 Å². The van der Waals surface area contributed by atoms with Gasteiger partial charge in [-0.2, -0.15) is 0 Å². The Morgan fingerprint density at radius 1 is 0.889 bits per heavy atom. The number of hydrogen-bond donors (Lipinski definition) is 2. The number of nitrogen functional groups attached to an aromatic ring is 1.